The molecule has 0 aliphatic heterocycles. The number of nitro benzene ring substituents is 1. The zero-order chi connectivity index (χ0) is 17.2. The fraction of sp³-hybridized carbons (Fsp3) is 0. The maximum atomic E-state index is 10.9. The first-order chi connectivity index (χ1) is 12.2. The van der Waals surface area contributed by atoms with Gasteiger partial charge >= 0.3 is 0 Å². The van der Waals surface area contributed by atoms with Gasteiger partial charge in [-0.2, -0.15) is 0 Å². The molecule has 4 rings (SSSR count). The van der Waals surface area contributed by atoms with Crippen LogP contribution in [0.2, 0.25) is 0 Å². The quantitative estimate of drug-likeness (QED) is 0.382. The van der Waals surface area contributed by atoms with E-state index in [4.69, 9.17) is 4.98 Å². The lowest BCUT2D eigenvalue weighted by Gasteiger charge is -2.05. The maximum Gasteiger partial charge on any atom is 0.269 e. The summed E-state index contributed by atoms with van der Waals surface area (Å²) < 4.78 is 2.04. The second-order valence-electron chi connectivity index (χ2n) is 5.41. The molecular formula is C19H13N3O2S. The van der Waals surface area contributed by atoms with Gasteiger partial charge < -0.3 is 0 Å². The van der Waals surface area contributed by atoms with Crippen LogP contribution in [0.5, 0.6) is 0 Å². The Labute approximate surface area is 148 Å². The Morgan fingerprint density at radius 1 is 0.920 bits per heavy atom. The van der Waals surface area contributed by atoms with Crippen molar-refractivity contribution in [3.63, 3.8) is 0 Å². The van der Waals surface area contributed by atoms with Crippen LogP contribution in [0.15, 0.2) is 88.9 Å². The van der Waals surface area contributed by atoms with Crippen LogP contribution >= 0.6 is 11.8 Å². The molecule has 0 bridgehead atoms. The van der Waals surface area contributed by atoms with E-state index in [1.807, 2.05) is 59.1 Å². The minimum atomic E-state index is -0.396. The van der Waals surface area contributed by atoms with Gasteiger partial charge in [-0.25, -0.2) is 4.98 Å². The highest BCUT2D eigenvalue weighted by atomic mass is 32.2. The largest absolute Gasteiger partial charge is 0.294 e. The van der Waals surface area contributed by atoms with Crippen LogP contribution in [-0.4, -0.2) is 14.3 Å². The molecule has 2 aromatic carbocycles. The number of nitro groups is 1. The van der Waals surface area contributed by atoms with Gasteiger partial charge in [0.2, 0.25) is 0 Å². The normalized spacial score (nSPS) is 10.9. The maximum absolute atomic E-state index is 10.9. The third-order valence-electron chi connectivity index (χ3n) is 3.80. The number of rotatable bonds is 4. The van der Waals surface area contributed by atoms with Gasteiger partial charge in [-0.3, -0.25) is 14.5 Å². The van der Waals surface area contributed by atoms with Crippen molar-refractivity contribution in [3.8, 4) is 11.3 Å². The molecule has 0 N–H and O–H groups in total. The number of nitrogens with zero attached hydrogens (tertiary/aromatic N) is 3. The topological polar surface area (TPSA) is 60.4 Å². The molecule has 0 amide bonds. The number of benzene rings is 2. The molecule has 0 saturated carbocycles. The summed E-state index contributed by atoms with van der Waals surface area (Å²) in [6.07, 6.45) is 1.97. The first-order valence-corrected chi connectivity index (χ1v) is 8.49. The standard InChI is InChI=1S/C19H13N3O2S/c23-22(24)15-11-9-14(10-12-15)18-19(25-16-6-2-1-3-7-16)21-13-5-4-8-17(21)20-18/h1-13H. The van der Waals surface area contributed by atoms with E-state index in [0.29, 0.717) is 0 Å². The van der Waals surface area contributed by atoms with Gasteiger partial charge in [0.15, 0.2) is 0 Å². The van der Waals surface area contributed by atoms with E-state index < -0.39 is 4.92 Å². The smallest absolute Gasteiger partial charge is 0.269 e. The lowest BCUT2D eigenvalue weighted by atomic mass is 10.1. The van der Waals surface area contributed by atoms with Crippen LogP contribution in [0.1, 0.15) is 0 Å². The molecule has 2 aromatic heterocycles. The molecule has 25 heavy (non-hydrogen) atoms. The van der Waals surface area contributed by atoms with Crippen LogP contribution in [0, 0.1) is 10.1 Å². The van der Waals surface area contributed by atoms with Crippen LogP contribution in [-0.2, 0) is 0 Å². The zero-order valence-corrected chi connectivity index (χ0v) is 13.9. The van der Waals surface area contributed by atoms with E-state index >= 15 is 0 Å². The Morgan fingerprint density at radius 2 is 1.64 bits per heavy atom. The third-order valence-corrected chi connectivity index (χ3v) is 4.89. The molecule has 0 unspecified atom stereocenters. The second kappa shape index (κ2) is 6.41. The Hall–Kier alpha value is -3.12. The number of hydrogen-bond acceptors (Lipinski definition) is 4. The van der Waals surface area contributed by atoms with Gasteiger partial charge in [-0.1, -0.05) is 36.0 Å². The Kier molecular flexibility index (Phi) is 3.95. The fourth-order valence-corrected chi connectivity index (χ4v) is 3.63. The summed E-state index contributed by atoms with van der Waals surface area (Å²) in [6.45, 7) is 0. The highest BCUT2D eigenvalue weighted by Crippen LogP contribution is 2.36. The zero-order valence-electron chi connectivity index (χ0n) is 13.1. The van der Waals surface area contributed by atoms with Crippen molar-refractivity contribution in [2.75, 3.05) is 0 Å². The molecular weight excluding hydrogens is 334 g/mol. The molecule has 6 heteroatoms. The number of fused-ring (bicyclic) bond motifs is 1. The lowest BCUT2D eigenvalue weighted by molar-refractivity contribution is -0.384. The molecule has 0 aliphatic carbocycles. The van der Waals surface area contributed by atoms with Gasteiger partial charge in [0, 0.05) is 28.8 Å². The molecule has 0 spiro atoms. The first-order valence-electron chi connectivity index (χ1n) is 7.67. The average Bonchev–Trinajstić information content (AvgIpc) is 3.01. The van der Waals surface area contributed by atoms with E-state index in [0.717, 1.165) is 26.8 Å². The van der Waals surface area contributed by atoms with Crippen LogP contribution in [0.25, 0.3) is 16.9 Å². The van der Waals surface area contributed by atoms with Crippen LogP contribution in [0.4, 0.5) is 5.69 Å². The predicted molar refractivity (Wildman–Crippen MR) is 97.8 cm³/mol. The monoisotopic (exact) mass is 347 g/mol. The number of aromatic nitrogens is 2. The van der Waals surface area contributed by atoms with Gasteiger partial charge in [0.05, 0.1) is 4.92 Å². The van der Waals surface area contributed by atoms with Gasteiger partial charge in [0.1, 0.15) is 16.4 Å². The third kappa shape index (κ3) is 2.99. The van der Waals surface area contributed by atoms with E-state index in [1.54, 1.807) is 23.9 Å². The van der Waals surface area contributed by atoms with Crippen molar-refractivity contribution in [2.24, 2.45) is 0 Å². The summed E-state index contributed by atoms with van der Waals surface area (Å²) in [4.78, 5) is 16.3. The molecule has 0 saturated heterocycles. The predicted octanol–water partition coefficient (Wildman–Crippen LogP) is 5.06. The number of imidazole rings is 1. The molecule has 0 fully saturated rings. The van der Waals surface area contributed by atoms with Crippen molar-refractivity contribution in [3.05, 3.63) is 89.1 Å². The SMILES string of the molecule is O=[N+]([O-])c1ccc(-c2nc3ccccn3c2Sc2ccccc2)cc1. The molecule has 4 aromatic rings. The molecule has 122 valence electrons. The highest BCUT2D eigenvalue weighted by Gasteiger charge is 2.16. The molecule has 2 heterocycles. The molecule has 0 aliphatic rings. The Bertz CT molecular complexity index is 1040. The fourth-order valence-electron chi connectivity index (χ4n) is 2.60. The molecule has 5 nitrogen and oxygen atoms in total. The van der Waals surface area contributed by atoms with E-state index in [-0.39, 0.29) is 5.69 Å². The van der Waals surface area contributed by atoms with Crippen molar-refractivity contribution in [1.29, 1.82) is 0 Å². The summed E-state index contributed by atoms with van der Waals surface area (Å²) in [5.41, 5.74) is 2.58. The Balaban J connectivity index is 1.85. The van der Waals surface area contributed by atoms with Crippen LogP contribution in [0.3, 0.4) is 0 Å². The van der Waals surface area contributed by atoms with Crippen molar-refractivity contribution in [2.45, 2.75) is 9.92 Å². The highest BCUT2D eigenvalue weighted by molar-refractivity contribution is 7.99. The van der Waals surface area contributed by atoms with E-state index in [9.17, 15) is 10.1 Å². The van der Waals surface area contributed by atoms with Crippen LogP contribution < -0.4 is 0 Å². The van der Waals surface area contributed by atoms with E-state index in [1.165, 1.54) is 12.1 Å². The minimum Gasteiger partial charge on any atom is -0.294 e. The van der Waals surface area contributed by atoms with E-state index in [2.05, 4.69) is 0 Å². The second-order valence-corrected chi connectivity index (χ2v) is 6.48. The summed E-state index contributed by atoms with van der Waals surface area (Å²) in [6, 6.07) is 22.4. The summed E-state index contributed by atoms with van der Waals surface area (Å²) in [5, 5.41) is 11.9. The van der Waals surface area contributed by atoms with Gasteiger partial charge in [-0.05, 0) is 36.4 Å². The average molecular weight is 347 g/mol. The number of non-ortho nitro benzene ring substituents is 1. The summed E-state index contributed by atoms with van der Waals surface area (Å²) in [5.74, 6) is 0. The number of pyridine rings is 1. The van der Waals surface area contributed by atoms with Crippen molar-refractivity contribution >= 4 is 23.1 Å². The molecule has 0 atom stereocenters. The number of hydrogen-bond donors (Lipinski definition) is 0. The van der Waals surface area contributed by atoms with Gasteiger partial charge in [0.25, 0.3) is 5.69 Å². The van der Waals surface area contributed by atoms with Crippen molar-refractivity contribution < 1.29 is 4.92 Å². The van der Waals surface area contributed by atoms with Gasteiger partial charge in [-0.15, -0.1) is 0 Å². The van der Waals surface area contributed by atoms with Crippen molar-refractivity contribution in [1.82, 2.24) is 9.38 Å². The molecule has 0 radical (unpaired) electrons. The minimum absolute atomic E-state index is 0.0739. The summed E-state index contributed by atoms with van der Waals surface area (Å²) in [7, 11) is 0. The first kappa shape index (κ1) is 15.4. The Morgan fingerprint density at radius 3 is 2.36 bits per heavy atom. The lowest BCUT2D eigenvalue weighted by Crippen LogP contribution is -1.89. The summed E-state index contributed by atoms with van der Waals surface area (Å²) >= 11 is 1.62.